The smallest absolute Gasteiger partial charge is 0.330 e. The van der Waals surface area contributed by atoms with Gasteiger partial charge in [0.15, 0.2) is 11.2 Å². The second kappa shape index (κ2) is 7.73. The lowest BCUT2D eigenvalue weighted by molar-refractivity contribution is 0.0437. The molecule has 26 heavy (non-hydrogen) atoms. The number of aliphatic hydroxyl groups excluding tert-OH is 1. The minimum absolute atomic E-state index is 0.0362. The molecule has 1 aliphatic rings. The summed E-state index contributed by atoms with van der Waals surface area (Å²) < 4.78 is 3.32. The normalized spacial score (nSPS) is 19.5. The van der Waals surface area contributed by atoms with Crippen molar-refractivity contribution in [2.45, 2.75) is 38.9 Å². The van der Waals surface area contributed by atoms with Crippen LogP contribution in [0.4, 0.5) is 0 Å². The van der Waals surface area contributed by atoms with Crippen LogP contribution in [0.3, 0.4) is 0 Å². The van der Waals surface area contributed by atoms with E-state index in [4.69, 9.17) is 0 Å². The highest BCUT2D eigenvalue weighted by molar-refractivity contribution is 5.70. The van der Waals surface area contributed by atoms with Crippen LogP contribution in [-0.2, 0) is 20.1 Å². The van der Waals surface area contributed by atoms with Gasteiger partial charge in [0.05, 0.1) is 13.2 Å². The van der Waals surface area contributed by atoms with Crippen molar-refractivity contribution in [2.24, 2.45) is 7.05 Å². The van der Waals surface area contributed by atoms with Crippen LogP contribution < -0.4 is 11.2 Å². The highest BCUT2D eigenvalue weighted by atomic mass is 16.3. The molecule has 3 heterocycles. The Labute approximate surface area is 151 Å². The van der Waals surface area contributed by atoms with Gasteiger partial charge in [0.1, 0.15) is 5.82 Å². The monoisotopic (exact) mass is 364 g/mol. The minimum atomic E-state index is -0.409. The van der Waals surface area contributed by atoms with E-state index < -0.39 is 11.2 Å². The SMILES string of the molecule is CCCCn1c(=O)[nH]c(=O)c2c1nc(CN1CCN(C)CC1CO)n2C. The van der Waals surface area contributed by atoms with E-state index in [2.05, 4.69) is 26.7 Å². The molecule has 2 N–H and O–H groups in total. The van der Waals surface area contributed by atoms with E-state index in [1.54, 1.807) is 16.2 Å². The summed E-state index contributed by atoms with van der Waals surface area (Å²) in [5.74, 6) is 0.726. The van der Waals surface area contributed by atoms with Crippen LogP contribution in [-0.4, -0.2) is 73.3 Å². The topological polar surface area (TPSA) is 99.4 Å². The number of likely N-dealkylation sites (N-methyl/N-ethyl adjacent to an activating group) is 1. The number of aromatic amines is 1. The lowest BCUT2D eigenvalue weighted by atomic mass is 10.2. The van der Waals surface area contributed by atoms with E-state index in [-0.39, 0.29) is 12.6 Å². The first-order chi connectivity index (χ1) is 12.5. The molecule has 0 saturated carbocycles. The van der Waals surface area contributed by atoms with E-state index in [0.717, 1.165) is 38.3 Å². The molecule has 2 aromatic heterocycles. The number of aliphatic hydroxyl groups is 1. The van der Waals surface area contributed by atoms with Crippen LogP contribution in [0, 0.1) is 0 Å². The number of nitrogens with one attached hydrogen (secondary N) is 1. The molecule has 1 unspecified atom stereocenters. The van der Waals surface area contributed by atoms with Crippen molar-refractivity contribution in [3.8, 4) is 0 Å². The zero-order valence-electron chi connectivity index (χ0n) is 15.7. The minimum Gasteiger partial charge on any atom is -0.395 e. The fourth-order valence-corrected chi connectivity index (χ4v) is 3.57. The first-order valence-electron chi connectivity index (χ1n) is 9.18. The summed E-state index contributed by atoms with van der Waals surface area (Å²) in [5.41, 5.74) is 0.0503. The van der Waals surface area contributed by atoms with Crippen molar-refractivity contribution in [3.63, 3.8) is 0 Å². The number of piperazine rings is 1. The summed E-state index contributed by atoms with van der Waals surface area (Å²) in [6.07, 6.45) is 1.80. The Kier molecular flexibility index (Phi) is 5.59. The Morgan fingerprint density at radius 1 is 1.27 bits per heavy atom. The van der Waals surface area contributed by atoms with Crippen LogP contribution in [0.1, 0.15) is 25.6 Å². The number of nitrogens with zero attached hydrogens (tertiary/aromatic N) is 5. The molecule has 0 bridgehead atoms. The Morgan fingerprint density at radius 2 is 2.04 bits per heavy atom. The largest absolute Gasteiger partial charge is 0.395 e. The summed E-state index contributed by atoms with van der Waals surface area (Å²) in [6.45, 7) is 5.74. The predicted molar refractivity (Wildman–Crippen MR) is 99.3 cm³/mol. The van der Waals surface area contributed by atoms with Crippen molar-refractivity contribution >= 4 is 11.2 Å². The average Bonchev–Trinajstić information content (AvgIpc) is 2.93. The van der Waals surface area contributed by atoms with Crippen molar-refractivity contribution in [1.29, 1.82) is 0 Å². The lowest BCUT2D eigenvalue weighted by Gasteiger charge is -2.38. The molecule has 1 atom stereocenters. The summed E-state index contributed by atoms with van der Waals surface area (Å²) in [4.78, 5) is 36.0. The molecule has 9 nitrogen and oxygen atoms in total. The molecule has 3 rings (SSSR count). The zero-order chi connectivity index (χ0) is 18.8. The third kappa shape index (κ3) is 3.46. The molecule has 0 radical (unpaired) electrons. The fraction of sp³-hybridized carbons (Fsp3) is 0.706. The Morgan fingerprint density at radius 3 is 2.73 bits per heavy atom. The van der Waals surface area contributed by atoms with Gasteiger partial charge in [-0.3, -0.25) is 19.2 Å². The first-order valence-corrected chi connectivity index (χ1v) is 9.18. The van der Waals surface area contributed by atoms with Crippen LogP contribution in [0.15, 0.2) is 9.59 Å². The highest BCUT2D eigenvalue weighted by Crippen LogP contribution is 2.16. The third-order valence-electron chi connectivity index (χ3n) is 5.20. The van der Waals surface area contributed by atoms with Gasteiger partial charge in [0, 0.05) is 39.3 Å². The zero-order valence-corrected chi connectivity index (χ0v) is 15.7. The molecule has 2 aromatic rings. The molecule has 9 heteroatoms. The number of fused-ring (bicyclic) bond motifs is 1. The maximum Gasteiger partial charge on any atom is 0.330 e. The highest BCUT2D eigenvalue weighted by Gasteiger charge is 2.26. The second-order valence-electron chi connectivity index (χ2n) is 7.09. The van der Waals surface area contributed by atoms with Gasteiger partial charge in [-0.05, 0) is 13.5 Å². The number of rotatable bonds is 6. The molecule has 1 saturated heterocycles. The van der Waals surface area contributed by atoms with E-state index in [0.29, 0.717) is 24.3 Å². The number of hydrogen-bond acceptors (Lipinski definition) is 6. The van der Waals surface area contributed by atoms with E-state index in [9.17, 15) is 14.7 Å². The molecule has 0 spiro atoms. The number of aromatic nitrogens is 4. The Bertz CT molecular complexity index is 883. The fourth-order valence-electron chi connectivity index (χ4n) is 3.57. The first kappa shape index (κ1) is 18.8. The van der Waals surface area contributed by atoms with Crippen LogP contribution in [0.2, 0.25) is 0 Å². The van der Waals surface area contributed by atoms with Gasteiger partial charge >= 0.3 is 5.69 Å². The molecule has 1 aliphatic heterocycles. The molecule has 1 fully saturated rings. The van der Waals surface area contributed by atoms with Crippen molar-refractivity contribution < 1.29 is 5.11 Å². The summed E-state index contributed by atoms with van der Waals surface area (Å²) >= 11 is 0. The quantitative estimate of drug-likeness (QED) is 0.705. The average molecular weight is 364 g/mol. The molecule has 0 aromatic carbocycles. The van der Waals surface area contributed by atoms with Gasteiger partial charge in [-0.15, -0.1) is 0 Å². The number of H-pyrrole nitrogens is 1. The van der Waals surface area contributed by atoms with Gasteiger partial charge in [-0.25, -0.2) is 9.78 Å². The predicted octanol–water partition coefficient (Wildman–Crippen LogP) is -0.668. The summed E-state index contributed by atoms with van der Waals surface area (Å²) in [7, 11) is 3.85. The number of unbranched alkanes of at least 4 members (excludes halogenated alkanes) is 1. The van der Waals surface area contributed by atoms with Gasteiger partial charge in [0.25, 0.3) is 5.56 Å². The Hall–Kier alpha value is -1.97. The van der Waals surface area contributed by atoms with Gasteiger partial charge in [0.2, 0.25) is 0 Å². The third-order valence-corrected chi connectivity index (χ3v) is 5.20. The number of imidazole rings is 1. The van der Waals surface area contributed by atoms with E-state index in [1.807, 2.05) is 7.05 Å². The van der Waals surface area contributed by atoms with Crippen LogP contribution in [0.5, 0.6) is 0 Å². The molecular weight excluding hydrogens is 336 g/mol. The lowest BCUT2D eigenvalue weighted by Crippen LogP contribution is -2.53. The van der Waals surface area contributed by atoms with Gasteiger partial charge in [-0.1, -0.05) is 13.3 Å². The maximum absolute atomic E-state index is 12.3. The second-order valence-corrected chi connectivity index (χ2v) is 7.09. The molecular formula is C17H28N6O3. The molecule has 144 valence electrons. The number of aryl methyl sites for hydroxylation is 2. The van der Waals surface area contributed by atoms with E-state index >= 15 is 0 Å². The summed E-state index contributed by atoms with van der Waals surface area (Å²) in [5, 5.41) is 9.69. The van der Waals surface area contributed by atoms with E-state index in [1.165, 1.54) is 0 Å². The maximum atomic E-state index is 12.3. The van der Waals surface area contributed by atoms with Crippen LogP contribution >= 0.6 is 0 Å². The Balaban J connectivity index is 1.99. The van der Waals surface area contributed by atoms with Crippen LogP contribution in [0.25, 0.3) is 11.2 Å². The standard InChI is InChI=1S/C17H28N6O3/c1-4-5-6-23-15-14(16(25)19-17(23)26)21(3)13(18-15)10-22-8-7-20(2)9-12(22)11-24/h12,24H,4-11H2,1-3H3,(H,19,25,26). The molecule has 0 amide bonds. The van der Waals surface area contributed by atoms with Crippen molar-refractivity contribution in [3.05, 3.63) is 26.7 Å². The van der Waals surface area contributed by atoms with Crippen molar-refractivity contribution in [2.75, 3.05) is 33.3 Å². The van der Waals surface area contributed by atoms with Crippen molar-refractivity contribution in [1.82, 2.24) is 28.9 Å². The van der Waals surface area contributed by atoms with Gasteiger partial charge < -0.3 is 14.6 Å². The van der Waals surface area contributed by atoms with Gasteiger partial charge in [-0.2, -0.15) is 0 Å². The molecule has 0 aliphatic carbocycles. The summed E-state index contributed by atoms with van der Waals surface area (Å²) in [6, 6.07) is 0.0362. The number of hydrogen-bond donors (Lipinski definition) is 2.